The molecule has 3 N–H and O–H groups in total. The van der Waals surface area contributed by atoms with Crippen LogP contribution in [0, 0.1) is 23.7 Å². The van der Waals surface area contributed by atoms with E-state index < -0.39 is 12.2 Å². The van der Waals surface area contributed by atoms with E-state index in [0.29, 0.717) is 12.8 Å². The van der Waals surface area contributed by atoms with Gasteiger partial charge in [-0.1, -0.05) is 38.5 Å². The largest absolute Gasteiger partial charge is 0.396 e. The molecule has 0 amide bonds. The molecular weight excluding hydrogens is 268 g/mol. The second kappa shape index (κ2) is 13.6. The third-order valence-electron chi connectivity index (χ3n) is 3.09. The fourth-order valence-corrected chi connectivity index (χ4v) is 1.71. The Balaban J connectivity index is 3.79. The fourth-order valence-electron chi connectivity index (χ4n) is 1.71. The molecule has 4 heteroatoms. The molecule has 0 aliphatic heterocycles. The minimum absolute atomic E-state index is 0.153. The number of Topliss-reactive ketones (excluding diaryl/α,β-unsaturated/α-hetero) is 1. The molecule has 118 valence electrons. The first-order valence-corrected chi connectivity index (χ1v) is 7.60. The Morgan fingerprint density at radius 1 is 1.00 bits per heavy atom. The number of carbonyl (C=O) groups is 1. The van der Waals surface area contributed by atoms with Crippen molar-refractivity contribution in [3.05, 3.63) is 0 Å². The smallest absolute Gasteiger partial charge is 0.206 e. The maximum atomic E-state index is 10.9. The van der Waals surface area contributed by atoms with E-state index in [1.54, 1.807) is 6.92 Å². The number of unbranched alkanes of at least 4 members (excludes halogenated alkanes) is 4. The maximum absolute atomic E-state index is 10.9. The average molecular weight is 294 g/mol. The van der Waals surface area contributed by atoms with Crippen LogP contribution in [-0.4, -0.2) is 39.9 Å². The van der Waals surface area contributed by atoms with E-state index in [1.807, 2.05) is 0 Å². The lowest BCUT2D eigenvalue weighted by Crippen LogP contribution is -2.25. The van der Waals surface area contributed by atoms with Crippen LogP contribution in [0.1, 0.15) is 58.3 Å². The van der Waals surface area contributed by atoms with Crippen molar-refractivity contribution in [2.75, 3.05) is 6.61 Å². The lowest BCUT2D eigenvalue weighted by atomic mass is 10.0. The van der Waals surface area contributed by atoms with Gasteiger partial charge in [0.1, 0.15) is 0 Å². The van der Waals surface area contributed by atoms with Crippen molar-refractivity contribution in [2.45, 2.75) is 70.5 Å². The predicted octanol–water partition coefficient (Wildman–Crippen LogP) is 1.42. The molecule has 0 bridgehead atoms. The standard InChI is InChI=1S/C17H26O4/c1-2-15(19)11-7-6-9-13-17(21)16(20)12-8-4-3-5-10-14-18/h16-18,20-21H,2-5,8,10,12-14H2,1H3/t16-,17-/m1/s1. The summed E-state index contributed by atoms with van der Waals surface area (Å²) in [6, 6.07) is 0. The van der Waals surface area contributed by atoms with E-state index in [9.17, 15) is 15.0 Å². The van der Waals surface area contributed by atoms with Gasteiger partial charge in [-0.2, -0.15) is 0 Å². The van der Waals surface area contributed by atoms with Gasteiger partial charge in [0.15, 0.2) is 0 Å². The molecule has 2 atom stereocenters. The van der Waals surface area contributed by atoms with E-state index in [2.05, 4.69) is 23.7 Å². The van der Waals surface area contributed by atoms with Crippen LogP contribution in [0.3, 0.4) is 0 Å². The van der Waals surface area contributed by atoms with Crippen LogP contribution < -0.4 is 0 Å². The number of carbonyl (C=O) groups excluding carboxylic acids is 1. The normalized spacial score (nSPS) is 12.6. The van der Waals surface area contributed by atoms with Crippen LogP contribution in [0.15, 0.2) is 0 Å². The van der Waals surface area contributed by atoms with Crippen LogP contribution in [0.5, 0.6) is 0 Å². The van der Waals surface area contributed by atoms with Gasteiger partial charge in [0, 0.05) is 19.4 Å². The van der Waals surface area contributed by atoms with Crippen LogP contribution >= 0.6 is 0 Å². The topological polar surface area (TPSA) is 77.8 Å². The van der Waals surface area contributed by atoms with Crippen LogP contribution in [-0.2, 0) is 4.79 Å². The molecule has 4 nitrogen and oxygen atoms in total. The molecule has 0 aromatic carbocycles. The van der Waals surface area contributed by atoms with Crippen LogP contribution in [0.25, 0.3) is 0 Å². The minimum Gasteiger partial charge on any atom is -0.396 e. The molecular formula is C17H26O4. The first-order valence-electron chi connectivity index (χ1n) is 7.60. The van der Waals surface area contributed by atoms with Crippen molar-refractivity contribution in [1.29, 1.82) is 0 Å². The molecule has 0 saturated carbocycles. The summed E-state index contributed by atoms with van der Waals surface area (Å²) < 4.78 is 0. The molecule has 0 saturated heterocycles. The Morgan fingerprint density at radius 3 is 2.33 bits per heavy atom. The molecule has 0 heterocycles. The highest BCUT2D eigenvalue weighted by Crippen LogP contribution is 2.10. The van der Waals surface area contributed by atoms with Gasteiger partial charge in [0.2, 0.25) is 5.78 Å². The second-order valence-electron chi connectivity index (χ2n) is 4.95. The molecule has 0 spiro atoms. The summed E-state index contributed by atoms with van der Waals surface area (Å²) in [6.45, 7) is 1.96. The molecule has 0 aliphatic rings. The lowest BCUT2D eigenvalue weighted by molar-refractivity contribution is -0.113. The zero-order chi connectivity index (χ0) is 15.9. The van der Waals surface area contributed by atoms with Crippen molar-refractivity contribution in [3.8, 4) is 23.7 Å². The van der Waals surface area contributed by atoms with Crippen molar-refractivity contribution < 1.29 is 20.1 Å². The first-order chi connectivity index (χ1) is 10.1. The van der Waals surface area contributed by atoms with Gasteiger partial charge in [-0.05, 0) is 30.6 Å². The lowest BCUT2D eigenvalue weighted by Gasteiger charge is -2.15. The third-order valence-corrected chi connectivity index (χ3v) is 3.09. The van der Waals surface area contributed by atoms with Crippen LogP contribution in [0.2, 0.25) is 0 Å². The SMILES string of the molecule is CCC(=O)C#CC#CC[C@@H](O)[C@H](O)CCCCCCCO. The van der Waals surface area contributed by atoms with E-state index >= 15 is 0 Å². The molecule has 21 heavy (non-hydrogen) atoms. The number of hydrogen-bond acceptors (Lipinski definition) is 4. The Labute approximate surface area is 127 Å². The molecule has 0 aliphatic carbocycles. The van der Waals surface area contributed by atoms with Gasteiger partial charge in [-0.15, -0.1) is 0 Å². The quantitative estimate of drug-likeness (QED) is 0.323. The molecule has 0 rings (SSSR count). The van der Waals surface area contributed by atoms with Gasteiger partial charge in [0.05, 0.1) is 12.2 Å². The zero-order valence-electron chi connectivity index (χ0n) is 12.8. The van der Waals surface area contributed by atoms with Gasteiger partial charge in [-0.3, -0.25) is 4.79 Å². The second-order valence-corrected chi connectivity index (χ2v) is 4.95. The Morgan fingerprint density at radius 2 is 1.67 bits per heavy atom. The average Bonchev–Trinajstić information content (AvgIpc) is 2.49. The van der Waals surface area contributed by atoms with Crippen molar-refractivity contribution in [3.63, 3.8) is 0 Å². The van der Waals surface area contributed by atoms with Crippen molar-refractivity contribution in [2.24, 2.45) is 0 Å². The number of aliphatic hydroxyl groups excluding tert-OH is 3. The zero-order valence-corrected chi connectivity index (χ0v) is 12.8. The highest BCUT2D eigenvalue weighted by molar-refractivity contribution is 5.95. The summed E-state index contributed by atoms with van der Waals surface area (Å²) >= 11 is 0. The van der Waals surface area contributed by atoms with E-state index in [1.165, 1.54) is 0 Å². The molecule has 0 unspecified atom stereocenters. The highest BCUT2D eigenvalue weighted by atomic mass is 16.3. The molecule has 0 radical (unpaired) electrons. The van der Waals surface area contributed by atoms with Gasteiger partial charge < -0.3 is 15.3 Å². The summed E-state index contributed by atoms with van der Waals surface area (Å²) in [7, 11) is 0. The maximum Gasteiger partial charge on any atom is 0.206 e. The summed E-state index contributed by atoms with van der Waals surface area (Å²) in [4.78, 5) is 10.9. The monoisotopic (exact) mass is 294 g/mol. The summed E-state index contributed by atoms with van der Waals surface area (Å²) in [5.74, 6) is 9.79. The van der Waals surface area contributed by atoms with Crippen molar-refractivity contribution in [1.82, 2.24) is 0 Å². The Bertz CT molecular complexity index is 394. The first kappa shape index (κ1) is 19.7. The third kappa shape index (κ3) is 12.1. The van der Waals surface area contributed by atoms with Crippen LogP contribution in [0.4, 0.5) is 0 Å². The molecule has 0 aromatic heterocycles. The minimum atomic E-state index is -0.876. The summed E-state index contributed by atoms with van der Waals surface area (Å²) in [5, 5.41) is 28.1. The van der Waals surface area contributed by atoms with Crippen molar-refractivity contribution >= 4 is 5.78 Å². The Hall–Kier alpha value is -1.33. The Kier molecular flexibility index (Phi) is 12.8. The molecule has 0 fully saturated rings. The van der Waals surface area contributed by atoms with Gasteiger partial charge in [-0.25, -0.2) is 0 Å². The van der Waals surface area contributed by atoms with E-state index in [-0.39, 0.29) is 18.8 Å². The number of rotatable bonds is 10. The summed E-state index contributed by atoms with van der Waals surface area (Å²) in [5.41, 5.74) is 0. The number of aliphatic hydroxyl groups is 3. The fraction of sp³-hybridized carbons (Fsp3) is 0.706. The molecule has 0 aromatic rings. The predicted molar refractivity (Wildman–Crippen MR) is 82.3 cm³/mol. The van der Waals surface area contributed by atoms with E-state index in [0.717, 1.165) is 32.1 Å². The number of ketones is 1. The number of hydrogen-bond donors (Lipinski definition) is 3. The van der Waals surface area contributed by atoms with Gasteiger partial charge in [0.25, 0.3) is 0 Å². The van der Waals surface area contributed by atoms with E-state index in [4.69, 9.17) is 5.11 Å². The van der Waals surface area contributed by atoms with Gasteiger partial charge >= 0.3 is 0 Å². The highest BCUT2D eigenvalue weighted by Gasteiger charge is 2.14. The summed E-state index contributed by atoms with van der Waals surface area (Å²) in [6.07, 6.45) is 4.10.